The molecule has 0 atom stereocenters. The molecule has 0 aliphatic heterocycles. The van der Waals surface area contributed by atoms with E-state index in [-0.39, 0.29) is 23.4 Å². The zero-order valence-corrected chi connectivity index (χ0v) is 20.3. The fourth-order valence-corrected chi connectivity index (χ4v) is 4.56. The van der Waals surface area contributed by atoms with Crippen molar-refractivity contribution in [2.24, 2.45) is 7.05 Å². The number of rotatable bonds is 5. The van der Waals surface area contributed by atoms with E-state index in [0.717, 1.165) is 22.2 Å². The molecule has 5 rings (SSSR count). The van der Waals surface area contributed by atoms with Gasteiger partial charge in [0.1, 0.15) is 0 Å². The van der Waals surface area contributed by atoms with Crippen LogP contribution in [0.5, 0.6) is 0 Å². The summed E-state index contributed by atoms with van der Waals surface area (Å²) in [5.41, 5.74) is 5.14. The van der Waals surface area contributed by atoms with Crippen molar-refractivity contribution < 1.29 is 9.21 Å². The van der Waals surface area contributed by atoms with E-state index in [1.54, 1.807) is 17.7 Å². The number of benzene rings is 3. The third-order valence-electron chi connectivity index (χ3n) is 6.48. The number of Topliss-reactive ketones (excluding diaryl/α,β-unsaturated/α-hetero) is 1. The van der Waals surface area contributed by atoms with Crippen LogP contribution in [0, 0.1) is 5.41 Å². The molecule has 0 radical (unpaired) electrons. The van der Waals surface area contributed by atoms with Crippen LogP contribution in [0.2, 0.25) is 0 Å². The molecule has 0 fully saturated rings. The highest BCUT2D eigenvalue weighted by atomic mass is 16.4. The second-order valence-electron chi connectivity index (χ2n) is 9.94. The van der Waals surface area contributed by atoms with Gasteiger partial charge >= 0.3 is 5.76 Å². The first-order chi connectivity index (χ1) is 16.6. The van der Waals surface area contributed by atoms with Gasteiger partial charge in [-0.05, 0) is 35.2 Å². The van der Waals surface area contributed by atoms with Gasteiger partial charge in [0, 0.05) is 18.2 Å². The molecule has 0 saturated carbocycles. The number of aryl methyl sites for hydroxylation is 1. The van der Waals surface area contributed by atoms with E-state index in [2.05, 4.69) is 0 Å². The molecule has 178 valence electrons. The number of oxazole rings is 1. The quantitative estimate of drug-likeness (QED) is 0.383. The summed E-state index contributed by atoms with van der Waals surface area (Å²) in [5, 5.41) is 8.90. The molecule has 1 N–H and O–H groups in total. The fourth-order valence-electron chi connectivity index (χ4n) is 4.56. The molecular weight excluding hydrogens is 440 g/mol. The number of ketones is 1. The molecule has 0 aliphatic rings. The second-order valence-corrected chi connectivity index (χ2v) is 9.94. The summed E-state index contributed by atoms with van der Waals surface area (Å²) in [5.74, 6) is -0.589. The molecular formula is C28H28N4O3. The van der Waals surface area contributed by atoms with E-state index in [0.29, 0.717) is 23.2 Å². The molecule has 7 nitrogen and oxygen atoms in total. The van der Waals surface area contributed by atoms with Gasteiger partial charge in [0.25, 0.3) is 0 Å². The Hall–Kier alpha value is -4.13. The first-order valence-corrected chi connectivity index (χ1v) is 11.6. The third kappa shape index (κ3) is 3.93. The van der Waals surface area contributed by atoms with Crippen molar-refractivity contribution in [1.82, 2.24) is 13.7 Å². The van der Waals surface area contributed by atoms with E-state index in [9.17, 15) is 9.59 Å². The van der Waals surface area contributed by atoms with Crippen LogP contribution in [0.1, 0.15) is 42.3 Å². The Morgan fingerprint density at radius 2 is 1.54 bits per heavy atom. The van der Waals surface area contributed by atoms with E-state index < -0.39 is 5.76 Å². The number of nitrogens with zero attached hydrogens (tertiary/aromatic N) is 3. The van der Waals surface area contributed by atoms with Gasteiger partial charge in [-0.2, -0.15) is 0 Å². The molecule has 0 unspecified atom stereocenters. The minimum absolute atomic E-state index is 0.0159. The maximum atomic E-state index is 13.6. The molecule has 0 aliphatic carbocycles. The number of carbonyl (C=O) groups excluding carboxylic acids is 1. The molecule has 2 aromatic heterocycles. The Kier molecular flexibility index (Phi) is 5.35. The average molecular weight is 469 g/mol. The predicted octanol–water partition coefficient (Wildman–Crippen LogP) is 4.60. The monoisotopic (exact) mass is 468 g/mol. The van der Waals surface area contributed by atoms with Crippen molar-refractivity contribution in [2.45, 2.75) is 39.3 Å². The molecule has 35 heavy (non-hydrogen) atoms. The lowest BCUT2D eigenvalue weighted by Gasteiger charge is -2.20. The van der Waals surface area contributed by atoms with Crippen LogP contribution in [-0.4, -0.2) is 19.5 Å². The van der Waals surface area contributed by atoms with Crippen molar-refractivity contribution in [2.75, 3.05) is 0 Å². The van der Waals surface area contributed by atoms with Crippen LogP contribution in [0.25, 0.3) is 22.1 Å². The summed E-state index contributed by atoms with van der Waals surface area (Å²) < 4.78 is 10.6. The van der Waals surface area contributed by atoms with E-state index in [4.69, 9.17) is 9.83 Å². The van der Waals surface area contributed by atoms with Gasteiger partial charge in [-0.1, -0.05) is 63.2 Å². The molecule has 0 bridgehead atoms. The Morgan fingerprint density at radius 1 is 0.914 bits per heavy atom. The normalized spacial score (nSPS) is 12.0. The van der Waals surface area contributed by atoms with Gasteiger partial charge in [-0.15, -0.1) is 0 Å². The van der Waals surface area contributed by atoms with Crippen molar-refractivity contribution >= 4 is 27.9 Å². The van der Waals surface area contributed by atoms with Gasteiger partial charge < -0.3 is 13.6 Å². The van der Waals surface area contributed by atoms with Gasteiger partial charge in [-0.3, -0.25) is 14.8 Å². The first kappa shape index (κ1) is 22.7. The number of nitrogens with one attached hydrogen (secondary N) is 1. The maximum absolute atomic E-state index is 13.6. The Balaban J connectivity index is 1.60. The fraction of sp³-hybridized carbons (Fsp3) is 0.250. The van der Waals surface area contributed by atoms with Crippen LogP contribution < -0.4 is 11.4 Å². The second kappa shape index (κ2) is 8.27. The summed E-state index contributed by atoms with van der Waals surface area (Å²) in [6, 6.07) is 21.3. The summed E-state index contributed by atoms with van der Waals surface area (Å²) >= 11 is 0. The number of carbonyl (C=O) groups is 1. The molecule has 3 aromatic carbocycles. The maximum Gasteiger partial charge on any atom is 0.419 e. The predicted molar refractivity (Wildman–Crippen MR) is 136 cm³/mol. The molecule has 0 amide bonds. The largest absolute Gasteiger partial charge is 0.419 e. The molecule has 0 saturated heterocycles. The van der Waals surface area contributed by atoms with Crippen LogP contribution >= 0.6 is 0 Å². The molecule has 7 heteroatoms. The number of imidazole rings is 1. The summed E-state index contributed by atoms with van der Waals surface area (Å²) in [4.78, 5) is 25.8. The zero-order chi connectivity index (χ0) is 24.9. The average Bonchev–Trinajstić information content (AvgIpc) is 3.26. The Labute approximate surface area is 202 Å². The third-order valence-corrected chi connectivity index (χ3v) is 6.48. The Bertz CT molecular complexity index is 1690. The number of hydrogen-bond acceptors (Lipinski definition) is 4. The molecule has 2 heterocycles. The van der Waals surface area contributed by atoms with Crippen molar-refractivity contribution in [3.05, 3.63) is 99.6 Å². The standard InChI is InChI=1S/C28H28N4O3/c1-28(2,3)20-14-19(15-23-25(20)35-27(34)30(23)4)24(33)17-32-22-13-9-8-12-21(22)31(26(32)29)16-18-10-6-5-7-11-18/h5-15,29H,16-17H2,1-4H3. The van der Waals surface area contributed by atoms with Gasteiger partial charge in [-0.25, -0.2) is 4.79 Å². The zero-order valence-electron chi connectivity index (χ0n) is 20.3. The van der Waals surface area contributed by atoms with Gasteiger partial charge in [0.15, 0.2) is 11.4 Å². The van der Waals surface area contributed by atoms with E-state index in [1.807, 2.05) is 86.0 Å². The number of hydrogen-bond donors (Lipinski definition) is 1. The highest BCUT2D eigenvalue weighted by molar-refractivity contribution is 6.00. The smallest absolute Gasteiger partial charge is 0.407 e. The number of aromatic nitrogens is 3. The highest BCUT2D eigenvalue weighted by Gasteiger charge is 2.24. The lowest BCUT2D eigenvalue weighted by Crippen LogP contribution is -2.28. The number of fused-ring (bicyclic) bond motifs is 2. The summed E-state index contributed by atoms with van der Waals surface area (Å²) in [6.45, 7) is 6.63. The number of para-hydroxylation sites is 2. The van der Waals surface area contributed by atoms with E-state index in [1.165, 1.54) is 4.57 Å². The first-order valence-electron chi connectivity index (χ1n) is 11.6. The SMILES string of the molecule is Cn1c(=O)oc2c(C(C)(C)C)cc(C(=O)Cn3c(=N)n(Cc4ccccc4)c4ccccc43)cc21. The summed E-state index contributed by atoms with van der Waals surface area (Å²) in [6.07, 6.45) is 0. The molecule has 5 aromatic rings. The van der Waals surface area contributed by atoms with Gasteiger partial charge in [0.05, 0.1) is 29.6 Å². The van der Waals surface area contributed by atoms with Crippen LogP contribution in [-0.2, 0) is 25.6 Å². The highest BCUT2D eigenvalue weighted by Crippen LogP contribution is 2.31. The van der Waals surface area contributed by atoms with Crippen LogP contribution in [0.3, 0.4) is 0 Å². The van der Waals surface area contributed by atoms with Crippen molar-refractivity contribution in [1.29, 1.82) is 5.41 Å². The Morgan fingerprint density at radius 3 is 2.20 bits per heavy atom. The topological polar surface area (TPSA) is 85.9 Å². The van der Waals surface area contributed by atoms with Crippen LogP contribution in [0.4, 0.5) is 0 Å². The minimum atomic E-state index is -0.457. The van der Waals surface area contributed by atoms with Crippen LogP contribution in [0.15, 0.2) is 75.9 Å². The lowest BCUT2D eigenvalue weighted by molar-refractivity contribution is 0.0971. The van der Waals surface area contributed by atoms with Crippen molar-refractivity contribution in [3.63, 3.8) is 0 Å². The van der Waals surface area contributed by atoms with Crippen molar-refractivity contribution in [3.8, 4) is 0 Å². The molecule has 0 spiro atoms. The van der Waals surface area contributed by atoms with E-state index >= 15 is 0 Å². The minimum Gasteiger partial charge on any atom is -0.407 e. The van der Waals surface area contributed by atoms with Gasteiger partial charge in [0.2, 0.25) is 5.62 Å². The lowest BCUT2D eigenvalue weighted by atomic mass is 9.85. The summed E-state index contributed by atoms with van der Waals surface area (Å²) in [7, 11) is 1.64.